The molecule has 1 atom stereocenters. The van der Waals surface area contributed by atoms with Gasteiger partial charge in [0.25, 0.3) is 0 Å². The minimum atomic E-state index is -1.38. The van der Waals surface area contributed by atoms with E-state index in [4.69, 9.17) is 14.2 Å². The zero-order valence-electron chi connectivity index (χ0n) is 12.8. The molecule has 0 bridgehead atoms. The first-order valence-corrected chi connectivity index (χ1v) is 7.06. The van der Waals surface area contributed by atoms with E-state index in [9.17, 15) is 9.59 Å². The zero-order chi connectivity index (χ0) is 16.0. The molecular weight excluding hydrogens is 284 g/mol. The van der Waals surface area contributed by atoms with Gasteiger partial charge >= 0.3 is 0 Å². The van der Waals surface area contributed by atoms with Crippen LogP contribution in [-0.2, 0) is 20.7 Å². The topological polar surface area (TPSA) is 61.8 Å². The summed E-state index contributed by atoms with van der Waals surface area (Å²) in [6.07, 6.45) is 3.85. The van der Waals surface area contributed by atoms with Crippen molar-refractivity contribution in [3.8, 4) is 5.75 Å². The van der Waals surface area contributed by atoms with Gasteiger partial charge in [0.2, 0.25) is 5.79 Å². The molecule has 0 aromatic heterocycles. The van der Waals surface area contributed by atoms with Crippen LogP contribution in [0, 0.1) is 5.41 Å². The third-order valence-corrected chi connectivity index (χ3v) is 4.61. The van der Waals surface area contributed by atoms with Crippen molar-refractivity contribution >= 4 is 11.6 Å². The number of hydrogen-bond donors (Lipinski definition) is 0. The molecule has 5 heteroatoms. The van der Waals surface area contributed by atoms with E-state index >= 15 is 0 Å². The van der Waals surface area contributed by atoms with E-state index in [2.05, 4.69) is 0 Å². The lowest BCUT2D eigenvalue weighted by atomic mass is 9.73. The van der Waals surface area contributed by atoms with E-state index in [1.54, 1.807) is 18.2 Å². The predicted molar refractivity (Wildman–Crippen MR) is 79.0 cm³/mol. The highest BCUT2D eigenvalue weighted by molar-refractivity contribution is 6.11. The number of benzene rings is 1. The molecule has 0 fully saturated rings. The van der Waals surface area contributed by atoms with Crippen LogP contribution in [-0.4, -0.2) is 38.7 Å². The zero-order valence-corrected chi connectivity index (χ0v) is 12.8. The molecule has 1 aromatic carbocycles. The third-order valence-electron chi connectivity index (χ3n) is 4.61. The fraction of sp³-hybridized carbons (Fsp3) is 0.412. The van der Waals surface area contributed by atoms with Gasteiger partial charge in [0.1, 0.15) is 5.75 Å². The van der Waals surface area contributed by atoms with Gasteiger partial charge in [-0.15, -0.1) is 0 Å². The highest BCUT2D eigenvalue weighted by Gasteiger charge is 2.53. The van der Waals surface area contributed by atoms with Crippen LogP contribution < -0.4 is 4.74 Å². The van der Waals surface area contributed by atoms with Crippen LogP contribution in [0.15, 0.2) is 30.4 Å². The van der Waals surface area contributed by atoms with E-state index in [0.717, 1.165) is 5.56 Å². The van der Waals surface area contributed by atoms with Gasteiger partial charge < -0.3 is 14.2 Å². The summed E-state index contributed by atoms with van der Waals surface area (Å²) in [5.74, 6) is -1.16. The Morgan fingerprint density at radius 3 is 2.32 bits per heavy atom. The second kappa shape index (κ2) is 5.04. The van der Waals surface area contributed by atoms with Gasteiger partial charge in [-0.2, -0.15) is 0 Å². The number of ketones is 2. The molecule has 2 aliphatic carbocycles. The summed E-state index contributed by atoms with van der Waals surface area (Å²) in [6, 6.07) is 5.52. The van der Waals surface area contributed by atoms with Crippen LogP contribution in [0.2, 0.25) is 0 Å². The molecule has 0 N–H and O–H groups in total. The van der Waals surface area contributed by atoms with E-state index < -0.39 is 11.2 Å². The molecule has 0 amide bonds. The quantitative estimate of drug-likeness (QED) is 0.631. The van der Waals surface area contributed by atoms with Crippen LogP contribution in [0.25, 0.3) is 0 Å². The smallest absolute Gasteiger partial charge is 0.248 e. The van der Waals surface area contributed by atoms with Gasteiger partial charge in [-0.05, 0) is 24.1 Å². The molecular formula is C17H18O5. The third kappa shape index (κ3) is 1.86. The molecule has 0 saturated carbocycles. The van der Waals surface area contributed by atoms with Crippen molar-refractivity contribution in [2.75, 3.05) is 21.3 Å². The first-order valence-electron chi connectivity index (χ1n) is 7.06. The molecule has 1 unspecified atom stereocenters. The molecule has 1 aromatic rings. The fourth-order valence-electron chi connectivity index (χ4n) is 3.38. The van der Waals surface area contributed by atoms with Crippen LogP contribution in [0.1, 0.15) is 22.3 Å². The van der Waals surface area contributed by atoms with Crippen LogP contribution in [0.4, 0.5) is 0 Å². The van der Waals surface area contributed by atoms with Crippen molar-refractivity contribution in [2.24, 2.45) is 5.41 Å². The van der Waals surface area contributed by atoms with Crippen LogP contribution in [0.3, 0.4) is 0 Å². The number of rotatable bonds is 3. The normalized spacial score (nSPS) is 25.6. The first-order chi connectivity index (χ1) is 10.5. The van der Waals surface area contributed by atoms with Crippen molar-refractivity contribution in [1.82, 2.24) is 0 Å². The summed E-state index contributed by atoms with van der Waals surface area (Å²) in [5.41, 5.74) is 0.628. The van der Waals surface area contributed by atoms with E-state index in [-0.39, 0.29) is 18.0 Å². The lowest BCUT2D eigenvalue weighted by Gasteiger charge is -2.35. The van der Waals surface area contributed by atoms with Crippen molar-refractivity contribution in [2.45, 2.75) is 18.6 Å². The minimum Gasteiger partial charge on any atom is -0.496 e. The van der Waals surface area contributed by atoms with Crippen molar-refractivity contribution in [3.63, 3.8) is 0 Å². The van der Waals surface area contributed by atoms with Gasteiger partial charge in [0, 0.05) is 20.6 Å². The molecule has 0 heterocycles. The van der Waals surface area contributed by atoms with Crippen molar-refractivity contribution in [1.29, 1.82) is 0 Å². The summed E-state index contributed by atoms with van der Waals surface area (Å²) in [5, 5.41) is 0. The number of allylic oxidation sites excluding steroid dienone is 1. The Morgan fingerprint density at radius 1 is 1.00 bits per heavy atom. The summed E-state index contributed by atoms with van der Waals surface area (Å²) >= 11 is 0. The Kier molecular flexibility index (Phi) is 3.42. The SMILES string of the molecule is COc1cccc2c1C(=O)C1(C=CC(OC)(OC)C(=O)C1)C2. The number of carbonyl (C=O) groups excluding carboxylic acids is 2. The Labute approximate surface area is 128 Å². The summed E-state index contributed by atoms with van der Waals surface area (Å²) in [6.45, 7) is 0. The van der Waals surface area contributed by atoms with Crippen molar-refractivity contribution in [3.05, 3.63) is 41.5 Å². The maximum Gasteiger partial charge on any atom is 0.248 e. The first kappa shape index (κ1) is 14.9. The lowest BCUT2D eigenvalue weighted by molar-refractivity contribution is -0.189. The highest BCUT2D eigenvalue weighted by Crippen LogP contribution is 2.47. The van der Waals surface area contributed by atoms with E-state index in [1.807, 2.05) is 12.1 Å². The molecule has 22 heavy (non-hydrogen) atoms. The van der Waals surface area contributed by atoms with Gasteiger partial charge in [0.05, 0.1) is 18.1 Å². The molecule has 0 saturated heterocycles. The number of Topliss-reactive ketones (excluding diaryl/α,β-unsaturated/α-hetero) is 2. The van der Waals surface area contributed by atoms with Gasteiger partial charge in [0.15, 0.2) is 11.6 Å². The molecule has 0 aliphatic heterocycles. The standard InChI is InChI=1S/C17H18O5/c1-20-12-6-4-5-11-9-16(15(19)14(11)12)7-8-17(21-2,22-3)13(18)10-16/h4-8H,9-10H2,1-3H3. The molecule has 116 valence electrons. The maximum atomic E-state index is 12.9. The number of fused-ring (bicyclic) bond motifs is 1. The van der Waals surface area contributed by atoms with E-state index in [1.165, 1.54) is 21.3 Å². The second-order valence-electron chi connectivity index (χ2n) is 5.67. The minimum absolute atomic E-state index is 0.0574. The second-order valence-corrected chi connectivity index (χ2v) is 5.67. The summed E-state index contributed by atoms with van der Waals surface area (Å²) in [7, 11) is 4.37. The van der Waals surface area contributed by atoms with Crippen LogP contribution in [0.5, 0.6) is 5.75 Å². The molecule has 5 nitrogen and oxygen atoms in total. The Balaban J connectivity index is 2.05. The average molecular weight is 302 g/mol. The summed E-state index contributed by atoms with van der Waals surface area (Å²) in [4.78, 5) is 25.4. The van der Waals surface area contributed by atoms with Gasteiger partial charge in [-0.25, -0.2) is 0 Å². The Bertz CT molecular complexity index is 672. The summed E-state index contributed by atoms with van der Waals surface area (Å²) < 4.78 is 15.7. The number of hydrogen-bond acceptors (Lipinski definition) is 5. The maximum absolute atomic E-state index is 12.9. The largest absolute Gasteiger partial charge is 0.496 e. The van der Waals surface area contributed by atoms with E-state index in [0.29, 0.717) is 17.7 Å². The Hall–Kier alpha value is -1.98. The molecule has 2 aliphatic rings. The molecule has 1 spiro atoms. The average Bonchev–Trinajstić information content (AvgIpc) is 2.81. The predicted octanol–water partition coefficient (Wildman–Crippen LogP) is 1.94. The number of ether oxygens (including phenoxy) is 3. The highest BCUT2D eigenvalue weighted by atomic mass is 16.7. The van der Waals surface area contributed by atoms with Crippen LogP contribution >= 0.6 is 0 Å². The van der Waals surface area contributed by atoms with Gasteiger partial charge in [-0.3, -0.25) is 9.59 Å². The molecule has 3 rings (SSSR count). The lowest BCUT2D eigenvalue weighted by Crippen LogP contribution is -2.48. The number of methoxy groups -OCH3 is 3. The molecule has 0 radical (unpaired) electrons. The monoisotopic (exact) mass is 302 g/mol. The Morgan fingerprint density at radius 2 is 1.73 bits per heavy atom. The van der Waals surface area contributed by atoms with Crippen molar-refractivity contribution < 1.29 is 23.8 Å². The fourth-order valence-corrected chi connectivity index (χ4v) is 3.38. The van der Waals surface area contributed by atoms with Gasteiger partial charge in [-0.1, -0.05) is 18.2 Å². The number of carbonyl (C=O) groups is 2.